The lowest BCUT2D eigenvalue weighted by Crippen LogP contribution is -2.45. The monoisotopic (exact) mass is 1900 g/mol. The molecule has 4 fully saturated rings. The fraction of sp³-hybridized carbons (Fsp3) is 0.471. The number of nitrogens with one attached hydrogen (secondary N) is 7. The minimum atomic E-state index is -1.03. The van der Waals surface area contributed by atoms with E-state index in [1.807, 2.05) is 79.7 Å². The number of aromatic nitrogens is 8. The SMILES string of the molecule is CNC(=O)c1ccc(Nc2ncc3c(n2)N(C2CCCC2)CC(C)(C)C(=O)N3C)c(OCCN2CCCC2)c1.CNC(=O)c1ccc(Nc2ncc3c(n2)N(CC2CCC2)CC(C)(C)C(=O)N3C)c(OC)c1.CNC(=O)c1ccc(Nc2ncc3c(n2)N(Cc2ccccc2)CC(C)(C)C(=O)N3C)c(OC)c1.COc1cc(C(=O)O)ccc1Nc1ncc2c(n1)N(C1CCCC1)CC(C)(C)C(=O)N2C. The molecule has 738 valence electrons. The van der Waals surface area contributed by atoms with E-state index in [2.05, 4.69) is 93.8 Å². The molecule has 0 radical (unpaired) electrons. The van der Waals surface area contributed by atoms with Crippen LogP contribution in [0.2, 0.25) is 0 Å². The first-order valence-electron chi connectivity index (χ1n) is 47.6. The number of fused-ring (bicyclic) bond motifs is 4. The first-order chi connectivity index (χ1) is 66.4. The van der Waals surface area contributed by atoms with Crippen LogP contribution in [-0.2, 0) is 25.7 Å². The molecule has 0 bridgehead atoms. The van der Waals surface area contributed by atoms with E-state index < -0.39 is 27.6 Å². The van der Waals surface area contributed by atoms with E-state index in [1.54, 1.807) is 155 Å². The number of hydrogen-bond donors (Lipinski definition) is 8. The third-order valence-corrected chi connectivity index (χ3v) is 27.0. The van der Waals surface area contributed by atoms with Gasteiger partial charge in [0.1, 0.15) is 52.4 Å². The van der Waals surface area contributed by atoms with Crippen LogP contribution in [0.4, 0.5) is 92.6 Å². The molecule has 5 aliphatic heterocycles. The van der Waals surface area contributed by atoms with Crippen molar-refractivity contribution >= 4 is 140 Å². The first-order valence-corrected chi connectivity index (χ1v) is 47.6. The summed E-state index contributed by atoms with van der Waals surface area (Å²) >= 11 is 0. The van der Waals surface area contributed by atoms with Crippen molar-refractivity contribution in [1.82, 2.24) is 60.7 Å². The van der Waals surface area contributed by atoms with Gasteiger partial charge in [-0.2, -0.15) is 19.9 Å². The third-order valence-electron chi connectivity index (χ3n) is 27.0. The van der Waals surface area contributed by atoms with Crippen molar-refractivity contribution in [3.8, 4) is 23.0 Å². The topological polar surface area (TPSA) is 410 Å². The van der Waals surface area contributed by atoms with Crippen molar-refractivity contribution in [2.45, 2.75) is 157 Å². The van der Waals surface area contributed by atoms with Gasteiger partial charge in [-0.1, -0.05) is 62.4 Å². The van der Waals surface area contributed by atoms with Crippen LogP contribution in [0, 0.1) is 27.6 Å². The van der Waals surface area contributed by atoms with Gasteiger partial charge in [-0.05, 0) is 204 Å². The Bertz CT molecular complexity index is 6000. The number of carbonyl (C=O) groups is 8. The molecule has 8 aliphatic rings. The van der Waals surface area contributed by atoms with Crippen LogP contribution in [0.15, 0.2) is 128 Å². The Morgan fingerprint density at radius 1 is 0.403 bits per heavy atom. The average molecular weight is 1900 g/mol. The molecule has 139 heavy (non-hydrogen) atoms. The second kappa shape index (κ2) is 43.2. The van der Waals surface area contributed by atoms with Crippen molar-refractivity contribution in [3.05, 3.63) is 156 Å². The molecule has 9 aromatic rings. The number of carboxylic acids is 1. The highest BCUT2D eigenvalue weighted by molar-refractivity contribution is 6.05. The van der Waals surface area contributed by atoms with Gasteiger partial charge in [-0.25, -0.2) is 24.7 Å². The van der Waals surface area contributed by atoms with Gasteiger partial charge in [0.25, 0.3) is 17.7 Å². The molecule has 3 aliphatic carbocycles. The molecule has 0 unspecified atom stereocenters. The summed E-state index contributed by atoms with van der Waals surface area (Å²) in [5.74, 6) is 5.59. The summed E-state index contributed by atoms with van der Waals surface area (Å²) < 4.78 is 22.5. The molecule has 37 heteroatoms. The molecule has 7 amide bonds. The molecule has 17 rings (SSSR count). The van der Waals surface area contributed by atoms with Crippen LogP contribution in [0.5, 0.6) is 23.0 Å². The Hall–Kier alpha value is -14.3. The molecule has 5 aromatic carbocycles. The van der Waals surface area contributed by atoms with Crippen molar-refractivity contribution in [2.24, 2.45) is 27.6 Å². The molecule has 3 saturated carbocycles. The van der Waals surface area contributed by atoms with Crippen molar-refractivity contribution in [3.63, 3.8) is 0 Å². The summed E-state index contributed by atoms with van der Waals surface area (Å²) in [5.41, 5.74) is 5.77. The predicted octanol–water partition coefficient (Wildman–Crippen LogP) is 14.3. The van der Waals surface area contributed by atoms with Crippen molar-refractivity contribution in [2.75, 3.05) is 190 Å². The summed E-state index contributed by atoms with van der Waals surface area (Å²) in [7, 11) is 16.5. The molecule has 4 aromatic heterocycles. The molecular formula is C102H132N24O13. The normalized spacial score (nSPS) is 17.6. The maximum atomic E-state index is 13.3. The molecule has 8 N–H and O–H groups in total. The van der Waals surface area contributed by atoms with Crippen LogP contribution in [0.3, 0.4) is 0 Å². The number of hydrogen-bond acceptors (Lipinski definition) is 29. The Balaban J connectivity index is 0.000000148. The molecule has 1 saturated heterocycles. The largest absolute Gasteiger partial charge is 0.495 e. The van der Waals surface area contributed by atoms with Crippen LogP contribution in [0.1, 0.15) is 186 Å². The number of amides is 7. The van der Waals surface area contributed by atoms with Crippen LogP contribution in [-0.4, -0.2) is 239 Å². The van der Waals surface area contributed by atoms with Crippen LogP contribution in [0.25, 0.3) is 0 Å². The van der Waals surface area contributed by atoms with Gasteiger partial charge in [-0.15, -0.1) is 0 Å². The summed E-state index contributed by atoms with van der Waals surface area (Å²) in [6.07, 6.45) is 21.9. The summed E-state index contributed by atoms with van der Waals surface area (Å²) in [6.45, 7) is 23.1. The first kappa shape index (κ1) is 101. The van der Waals surface area contributed by atoms with Gasteiger partial charge in [0.2, 0.25) is 47.4 Å². The van der Waals surface area contributed by atoms with E-state index >= 15 is 0 Å². The molecule has 0 spiro atoms. The zero-order chi connectivity index (χ0) is 99.5. The highest BCUT2D eigenvalue weighted by atomic mass is 16.5. The Morgan fingerprint density at radius 3 is 1.09 bits per heavy atom. The van der Waals surface area contributed by atoms with E-state index in [9.17, 15) is 43.5 Å². The second-order valence-corrected chi connectivity index (χ2v) is 39.1. The van der Waals surface area contributed by atoms with Gasteiger partial charge in [-0.3, -0.25) is 38.5 Å². The standard InChI is InChI=1S/C29H41N7O3.C26H30N6O3.C24H32N6O3.C23H29N5O4/c1-29(2)19-36(21-9-5-6-10-21)25-23(34(4)27(29)38)18-31-28(33-25)32-22-12-11-20(26(37)30-3)17-24(22)39-16-15-35-13-7-8-14-35;1-26(2)16-32(15-17-9-7-6-8-10-17)22-20(31(4)24(26)34)14-28-25(30-22)29-19-12-11-18(23(33)27-3)13-21(19)35-5;1-24(2)14-30(13-15-7-6-8-15)20-18(29(4)22(24)32)12-26-23(28-20)27-17-10-9-16(21(31)25-3)11-19(17)33-5;1-23(2)13-28(15-7-5-6-8-15)19-17(27(3)21(23)31)12-24-22(26-19)25-16-10-9-14(20(29)30)11-18(16)32-4/h11-12,17-18,21H,5-10,13-16,19H2,1-4H3,(H,30,37)(H,31,32,33);6-14H,15-16H2,1-5H3,(H,27,33)(H,28,29,30);9-12,15H,6-8,13-14H2,1-5H3,(H,25,31)(H,26,27,28);9-12,15H,5-8,13H2,1-4H3,(H,29,30)(H,24,25,26). The van der Waals surface area contributed by atoms with E-state index in [0.29, 0.717) is 166 Å². The minimum Gasteiger partial charge on any atom is -0.495 e. The Labute approximate surface area is 812 Å². The van der Waals surface area contributed by atoms with Gasteiger partial charge in [0.15, 0.2) is 23.3 Å². The minimum absolute atomic E-state index is 0.00470. The van der Waals surface area contributed by atoms with E-state index in [-0.39, 0.29) is 46.9 Å². The number of carboxylic acid groups (broad SMARTS) is 1. The maximum absolute atomic E-state index is 13.3. The second-order valence-electron chi connectivity index (χ2n) is 39.1. The van der Waals surface area contributed by atoms with E-state index in [0.717, 1.165) is 80.6 Å². The number of methoxy groups -OCH3 is 3. The number of anilines is 16. The smallest absolute Gasteiger partial charge is 0.335 e. The maximum Gasteiger partial charge on any atom is 0.335 e. The van der Waals surface area contributed by atoms with E-state index in [4.69, 9.17) is 38.9 Å². The Morgan fingerprint density at radius 2 is 0.734 bits per heavy atom. The molecular weight excluding hydrogens is 1770 g/mol. The van der Waals surface area contributed by atoms with Crippen molar-refractivity contribution < 1.29 is 62.4 Å². The number of nitrogens with zero attached hydrogens (tertiary/aromatic N) is 17. The molecule has 9 heterocycles. The van der Waals surface area contributed by atoms with Crippen LogP contribution < -0.4 is 95.4 Å². The number of benzene rings is 5. The lowest BCUT2D eigenvalue weighted by atomic mass is 9.84. The van der Waals surface area contributed by atoms with Crippen LogP contribution >= 0.6 is 0 Å². The van der Waals surface area contributed by atoms with Gasteiger partial charge >= 0.3 is 5.97 Å². The number of likely N-dealkylation sites (tertiary alicyclic amines) is 1. The zero-order valence-electron chi connectivity index (χ0n) is 83.1. The third kappa shape index (κ3) is 22.9. The fourth-order valence-corrected chi connectivity index (χ4v) is 19.2. The molecule has 0 atom stereocenters. The highest BCUT2D eigenvalue weighted by Gasteiger charge is 2.46. The lowest BCUT2D eigenvalue weighted by Gasteiger charge is -2.35. The average Bonchev–Trinajstić information content (AvgIpc) is 1.64. The number of rotatable bonds is 25. The Kier molecular flexibility index (Phi) is 31.3. The van der Waals surface area contributed by atoms with E-state index in [1.165, 1.54) is 84.1 Å². The number of ether oxygens (including phenoxy) is 4. The highest BCUT2D eigenvalue weighted by Crippen LogP contribution is 2.47. The summed E-state index contributed by atoms with van der Waals surface area (Å²) in [6, 6.07) is 31.0. The van der Waals surface area contributed by atoms with Gasteiger partial charge in [0.05, 0.1) is 96.1 Å². The van der Waals surface area contributed by atoms with Crippen molar-refractivity contribution in [1.29, 1.82) is 0 Å². The number of aromatic carboxylic acids is 1. The predicted molar refractivity (Wildman–Crippen MR) is 540 cm³/mol. The van der Waals surface area contributed by atoms with Gasteiger partial charge < -0.3 is 100 Å². The number of carbonyl (C=O) groups excluding carboxylic acids is 7. The van der Waals surface area contributed by atoms with Gasteiger partial charge in [0, 0.05) is 124 Å². The summed E-state index contributed by atoms with van der Waals surface area (Å²) in [4.78, 5) is 156. The molecule has 37 nitrogen and oxygen atoms in total. The lowest BCUT2D eigenvalue weighted by molar-refractivity contribution is -0.126. The zero-order valence-corrected chi connectivity index (χ0v) is 83.1. The summed E-state index contributed by atoms with van der Waals surface area (Å²) in [5, 5.41) is 30.0. The fourth-order valence-electron chi connectivity index (χ4n) is 19.2. The quantitative estimate of drug-likeness (QED) is 0.0263.